The predicted molar refractivity (Wildman–Crippen MR) is 41.9 cm³/mol. The predicted octanol–water partition coefficient (Wildman–Crippen LogP) is 3.26. The average Bonchev–Trinajstić information content (AvgIpc) is 1.64. The van der Waals surface area contributed by atoms with Crippen LogP contribution in [0.2, 0.25) is 0 Å². The molecule has 0 aliphatic rings. The molecule has 0 aromatic heterocycles. The number of halogens is 5. The Kier molecular flexibility index (Phi) is 3.00. The van der Waals surface area contributed by atoms with Crippen LogP contribution in [-0.4, -0.2) is 8.51 Å². The molecule has 0 saturated heterocycles. The average molecular weight is 315 g/mol. The summed E-state index contributed by atoms with van der Waals surface area (Å²) in [5.41, 5.74) is 0. The van der Waals surface area contributed by atoms with Gasteiger partial charge in [-0.15, -0.1) is 0 Å². The first-order chi connectivity index (χ1) is 3.81. The zero-order chi connectivity index (χ0) is 7.71. The normalized spacial score (nSPS) is 18.8. The molecule has 0 aliphatic heterocycles. The molecule has 1 atom stereocenters. The maximum Gasteiger partial charge on any atom is 0.343 e. The van der Waals surface area contributed by atoms with Crippen LogP contribution in [0.25, 0.3) is 0 Å². The van der Waals surface area contributed by atoms with Crippen LogP contribution < -0.4 is 0 Å². The van der Waals surface area contributed by atoms with Gasteiger partial charge < -0.3 is 0 Å². The Morgan fingerprint density at radius 2 is 1.78 bits per heavy atom. The van der Waals surface area contributed by atoms with Crippen LogP contribution >= 0.6 is 38.5 Å². The van der Waals surface area contributed by atoms with E-state index in [4.69, 9.17) is 0 Å². The minimum Gasteiger partial charge on any atom is -0.219 e. The molecule has 0 bridgehead atoms. The smallest absolute Gasteiger partial charge is 0.219 e. The van der Waals surface area contributed by atoms with Crippen LogP contribution in [-0.2, 0) is 0 Å². The lowest BCUT2D eigenvalue weighted by molar-refractivity contribution is 0.0413. The summed E-state index contributed by atoms with van der Waals surface area (Å²) in [4.78, 5) is 0. The van der Waals surface area contributed by atoms with Gasteiger partial charge in [0.1, 0.15) is 0 Å². The Morgan fingerprint density at radius 3 is 1.78 bits per heavy atom. The fourth-order valence-corrected chi connectivity index (χ4v) is 0.336. The highest BCUT2D eigenvalue weighted by Crippen LogP contribution is 2.43. The van der Waals surface area contributed by atoms with Crippen molar-refractivity contribution in [1.82, 2.24) is 0 Å². The summed E-state index contributed by atoms with van der Waals surface area (Å²) in [6.45, 7) is 2.89. The summed E-state index contributed by atoms with van der Waals surface area (Å²) in [7, 11) is 0. The van der Waals surface area contributed by atoms with E-state index in [1.165, 1.54) is 0 Å². The van der Waals surface area contributed by atoms with Crippen LogP contribution in [0.5, 0.6) is 0 Å². The van der Waals surface area contributed by atoms with E-state index < -0.39 is 8.51 Å². The minimum atomic E-state index is -3.45. The molecule has 0 nitrogen and oxygen atoms in total. The molecule has 0 heterocycles. The van der Waals surface area contributed by atoms with E-state index in [0.29, 0.717) is 28.7 Å². The third kappa shape index (κ3) is 2.45. The van der Waals surface area contributed by atoms with Gasteiger partial charge in [0.2, 0.25) is 0 Å². The first-order valence-corrected chi connectivity index (χ1v) is 3.76. The fourth-order valence-electron chi connectivity index (χ4n) is 0.116. The molecule has 0 amide bonds. The highest BCUT2D eigenvalue weighted by Gasteiger charge is 2.48. The van der Waals surface area contributed by atoms with E-state index in [1.54, 1.807) is 0 Å². The Bertz CT molecular complexity index is 117. The highest BCUT2D eigenvalue weighted by molar-refractivity contribution is 14.1. The largest absolute Gasteiger partial charge is 0.343 e. The minimum absolute atomic E-state index is 0.513. The SMILES string of the molecule is C=CC(F)(Br)C(F)(F)I. The molecule has 0 aliphatic carbocycles. The molecular formula is C4H3BrF3I. The van der Waals surface area contributed by atoms with E-state index in [9.17, 15) is 13.2 Å². The topological polar surface area (TPSA) is 0 Å². The van der Waals surface area contributed by atoms with Crippen molar-refractivity contribution >= 4 is 38.5 Å². The van der Waals surface area contributed by atoms with E-state index in [2.05, 4.69) is 22.5 Å². The molecular weight excluding hydrogens is 312 g/mol. The Morgan fingerprint density at radius 1 is 1.44 bits per heavy atom. The molecule has 0 fully saturated rings. The van der Waals surface area contributed by atoms with Crippen molar-refractivity contribution in [3.63, 3.8) is 0 Å². The van der Waals surface area contributed by atoms with Crippen molar-refractivity contribution in [2.75, 3.05) is 0 Å². The van der Waals surface area contributed by atoms with Gasteiger partial charge in [-0.25, -0.2) is 4.39 Å². The molecule has 0 N–H and O–H groups in total. The lowest BCUT2D eigenvalue weighted by Crippen LogP contribution is -2.30. The third-order valence-corrected chi connectivity index (χ3v) is 2.98. The van der Waals surface area contributed by atoms with Crippen molar-refractivity contribution in [3.05, 3.63) is 12.7 Å². The van der Waals surface area contributed by atoms with E-state index in [0.717, 1.165) is 0 Å². The summed E-state index contributed by atoms with van der Waals surface area (Å²) < 4.78 is 30.1. The maximum absolute atomic E-state index is 12.4. The number of hydrogen-bond acceptors (Lipinski definition) is 0. The second-order valence-electron chi connectivity index (χ2n) is 1.32. The van der Waals surface area contributed by atoms with Gasteiger partial charge in [-0.3, -0.25) is 0 Å². The van der Waals surface area contributed by atoms with Crippen molar-refractivity contribution in [2.24, 2.45) is 0 Å². The Balaban J connectivity index is 4.32. The van der Waals surface area contributed by atoms with E-state index >= 15 is 0 Å². The van der Waals surface area contributed by atoms with Crippen LogP contribution in [0.4, 0.5) is 13.2 Å². The van der Waals surface area contributed by atoms with Gasteiger partial charge in [0.15, 0.2) is 0 Å². The zero-order valence-electron chi connectivity index (χ0n) is 4.17. The number of hydrogen-bond donors (Lipinski definition) is 0. The fraction of sp³-hybridized carbons (Fsp3) is 0.500. The van der Waals surface area contributed by atoms with Gasteiger partial charge >= 0.3 is 3.93 Å². The van der Waals surface area contributed by atoms with E-state index in [1.807, 2.05) is 0 Å². The van der Waals surface area contributed by atoms with Crippen molar-refractivity contribution in [2.45, 2.75) is 8.51 Å². The Hall–Kier alpha value is 0.740. The standard InChI is InChI=1S/C4H3BrF3I/c1-2-3(5,6)4(7,8)9/h2H,1H2. The van der Waals surface area contributed by atoms with Gasteiger partial charge in [-0.05, 0) is 22.0 Å². The van der Waals surface area contributed by atoms with E-state index in [-0.39, 0.29) is 0 Å². The first kappa shape index (κ1) is 9.74. The molecule has 0 aromatic rings. The van der Waals surface area contributed by atoms with Crippen molar-refractivity contribution in [3.8, 4) is 0 Å². The summed E-state index contributed by atoms with van der Waals surface area (Å²) >= 11 is 2.85. The number of alkyl halides is 5. The van der Waals surface area contributed by atoms with Gasteiger partial charge in [-0.1, -0.05) is 6.58 Å². The molecule has 5 heteroatoms. The lowest BCUT2D eigenvalue weighted by Gasteiger charge is -2.18. The van der Waals surface area contributed by atoms with Gasteiger partial charge in [0, 0.05) is 22.6 Å². The molecule has 0 radical (unpaired) electrons. The summed E-state index contributed by atoms with van der Waals surface area (Å²) in [5.74, 6) is 0. The molecule has 1 unspecified atom stereocenters. The van der Waals surface area contributed by atoms with Crippen LogP contribution in [0.1, 0.15) is 0 Å². The molecule has 0 saturated carbocycles. The highest BCUT2D eigenvalue weighted by atomic mass is 127. The van der Waals surface area contributed by atoms with Gasteiger partial charge in [0.05, 0.1) is 0 Å². The van der Waals surface area contributed by atoms with Crippen LogP contribution in [0, 0.1) is 0 Å². The quantitative estimate of drug-likeness (QED) is 0.417. The molecule has 0 spiro atoms. The van der Waals surface area contributed by atoms with Crippen LogP contribution in [0.15, 0.2) is 12.7 Å². The summed E-state index contributed by atoms with van der Waals surface area (Å²) in [5, 5.41) is 0. The van der Waals surface area contributed by atoms with Crippen molar-refractivity contribution < 1.29 is 13.2 Å². The van der Waals surface area contributed by atoms with Crippen molar-refractivity contribution in [1.29, 1.82) is 0 Å². The zero-order valence-corrected chi connectivity index (χ0v) is 7.92. The molecule has 0 aromatic carbocycles. The molecule has 0 rings (SSSR count). The maximum atomic E-state index is 12.4. The van der Waals surface area contributed by atoms with Crippen LogP contribution in [0.3, 0.4) is 0 Å². The van der Waals surface area contributed by atoms with Gasteiger partial charge in [-0.2, -0.15) is 8.78 Å². The second kappa shape index (κ2) is 2.77. The number of allylic oxidation sites excluding steroid dienone is 1. The third-order valence-electron chi connectivity index (χ3n) is 0.634. The Labute approximate surface area is 72.8 Å². The molecule has 9 heavy (non-hydrogen) atoms. The number of rotatable bonds is 2. The first-order valence-electron chi connectivity index (χ1n) is 1.89. The molecule has 54 valence electrons. The second-order valence-corrected chi connectivity index (χ2v) is 3.83. The summed E-state index contributed by atoms with van der Waals surface area (Å²) in [6, 6.07) is 0. The summed E-state index contributed by atoms with van der Waals surface area (Å²) in [6.07, 6.45) is 0.513. The monoisotopic (exact) mass is 314 g/mol. The lowest BCUT2D eigenvalue weighted by atomic mass is 10.4. The van der Waals surface area contributed by atoms with Gasteiger partial charge in [0.25, 0.3) is 4.58 Å².